The van der Waals surface area contributed by atoms with Crippen molar-refractivity contribution in [1.29, 1.82) is 0 Å². The van der Waals surface area contributed by atoms with Crippen LogP contribution < -0.4 is 3.27 Å². The number of fused-ring (bicyclic) bond motifs is 3. The van der Waals surface area contributed by atoms with Crippen LogP contribution in [0.2, 0.25) is 10.0 Å². The first kappa shape index (κ1) is 44.7. The molecule has 0 radical (unpaired) electrons. The summed E-state index contributed by atoms with van der Waals surface area (Å²) < 4.78 is 4.85. The minimum absolute atomic E-state index is 0.0139. The van der Waals surface area contributed by atoms with Gasteiger partial charge in [0.2, 0.25) is 0 Å². The SMILES string of the molecule is CC(C)(C)c1cc2c(cc1C(C)(C)C)-c1cc(C(C)(C)C)c(C(C)(C)C)[c]([Zr]([C]3=CC=CC3)=[C](c3ccc(-c4ccc(Cl)cc4)cc3)c3ccc(-c4ccc(Cl)cc4)cc3)c1C2. The number of allylic oxidation sites excluding steroid dienone is 4. The molecule has 0 unspecified atom stereocenters. The molecule has 0 N–H and O–H groups in total. The second-order valence-electron chi connectivity index (χ2n) is 21.7. The maximum absolute atomic E-state index is 6.34. The van der Waals surface area contributed by atoms with Crippen LogP contribution in [0.4, 0.5) is 0 Å². The topological polar surface area (TPSA) is 0 Å². The molecule has 0 spiro atoms. The fourth-order valence-electron chi connectivity index (χ4n) is 9.74. The molecule has 2 aliphatic carbocycles. The van der Waals surface area contributed by atoms with Crippen LogP contribution in [0.25, 0.3) is 33.4 Å². The summed E-state index contributed by atoms with van der Waals surface area (Å²) >= 11 is 9.52. The van der Waals surface area contributed by atoms with Gasteiger partial charge in [-0.05, 0) is 0 Å². The molecule has 8 rings (SSSR count). The molecule has 62 heavy (non-hydrogen) atoms. The number of halogens is 2. The molecule has 316 valence electrons. The Morgan fingerprint density at radius 2 is 0.903 bits per heavy atom. The third-order valence-corrected chi connectivity index (χ3v) is 21.0. The van der Waals surface area contributed by atoms with E-state index in [4.69, 9.17) is 23.2 Å². The third-order valence-electron chi connectivity index (χ3n) is 12.8. The van der Waals surface area contributed by atoms with Crippen molar-refractivity contribution in [1.82, 2.24) is 0 Å². The normalized spacial score (nSPS) is 13.9. The molecule has 0 atom stereocenters. The van der Waals surface area contributed by atoms with Crippen LogP contribution in [-0.4, -0.2) is 3.21 Å². The van der Waals surface area contributed by atoms with Gasteiger partial charge < -0.3 is 0 Å². The zero-order valence-electron chi connectivity index (χ0n) is 38.9. The van der Waals surface area contributed by atoms with Gasteiger partial charge in [0, 0.05) is 0 Å². The summed E-state index contributed by atoms with van der Waals surface area (Å²) in [5.41, 5.74) is 19.2. The van der Waals surface area contributed by atoms with Crippen molar-refractivity contribution in [2.45, 2.75) is 118 Å². The first-order valence-electron chi connectivity index (χ1n) is 22.3. The first-order chi connectivity index (χ1) is 29.1. The van der Waals surface area contributed by atoms with Crippen molar-refractivity contribution in [2.24, 2.45) is 0 Å². The van der Waals surface area contributed by atoms with E-state index >= 15 is 0 Å². The summed E-state index contributed by atoms with van der Waals surface area (Å²) in [7, 11) is 0. The molecule has 0 aliphatic heterocycles. The van der Waals surface area contributed by atoms with Gasteiger partial charge in [0.15, 0.2) is 0 Å². The van der Waals surface area contributed by atoms with Crippen LogP contribution >= 0.6 is 23.2 Å². The number of hydrogen-bond acceptors (Lipinski definition) is 0. The molecule has 0 saturated carbocycles. The molecule has 6 aromatic carbocycles. The molecular weight excluding hydrogens is 871 g/mol. The molecule has 0 bridgehead atoms. The van der Waals surface area contributed by atoms with Gasteiger partial charge in [-0.3, -0.25) is 0 Å². The van der Waals surface area contributed by atoms with Crippen LogP contribution in [0.5, 0.6) is 0 Å². The van der Waals surface area contributed by atoms with Crippen molar-refractivity contribution < 1.29 is 21.3 Å². The summed E-state index contributed by atoms with van der Waals surface area (Å²) in [6, 6.07) is 43.2. The quantitative estimate of drug-likeness (QED) is 0.156. The summed E-state index contributed by atoms with van der Waals surface area (Å²) in [6.07, 6.45) is 9.18. The number of benzene rings is 6. The Bertz CT molecular complexity index is 2670. The van der Waals surface area contributed by atoms with Crippen molar-refractivity contribution in [3.63, 3.8) is 0 Å². The van der Waals surface area contributed by atoms with E-state index in [-0.39, 0.29) is 21.7 Å². The number of rotatable bonds is 6. The molecule has 2 aliphatic rings. The molecule has 0 heterocycles. The molecule has 6 aromatic rings. The van der Waals surface area contributed by atoms with Gasteiger partial charge in [-0.25, -0.2) is 0 Å². The average Bonchev–Trinajstić information content (AvgIpc) is 3.87. The van der Waals surface area contributed by atoms with Crippen molar-refractivity contribution in [2.75, 3.05) is 0 Å². The van der Waals surface area contributed by atoms with Gasteiger partial charge in [-0.1, -0.05) is 0 Å². The minimum atomic E-state index is -3.16. The Balaban J connectivity index is 1.50. The van der Waals surface area contributed by atoms with E-state index in [0.29, 0.717) is 0 Å². The predicted molar refractivity (Wildman–Crippen MR) is 268 cm³/mol. The van der Waals surface area contributed by atoms with Gasteiger partial charge in [0.05, 0.1) is 0 Å². The molecule has 0 aromatic heterocycles. The fraction of sp³-hybridized carbons (Fsp3) is 0.305. The van der Waals surface area contributed by atoms with Crippen molar-refractivity contribution in [3.05, 3.63) is 191 Å². The van der Waals surface area contributed by atoms with Crippen LogP contribution in [0.15, 0.2) is 137 Å². The van der Waals surface area contributed by atoms with E-state index in [1.54, 1.807) is 17.7 Å². The fourth-order valence-corrected chi connectivity index (χ4v) is 19.0. The Hall–Kier alpha value is -3.87. The molecular formula is C59H62Cl2Zr. The van der Waals surface area contributed by atoms with Gasteiger partial charge in [-0.15, -0.1) is 0 Å². The molecule has 0 nitrogen and oxygen atoms in total. The number of hydrogen-bond donors (Lipinski definition) is 0. The van der Waals surface area contributed by atoms with E-state index in [1.807, 2.05) is 24.3 Å². The van der Waals surface area contributed by atoms with E-state index in [9.17, 15) is 0 Å². The van der Waals surface area contributed by atoms with Gasteiger partial charge in [0.25, 0.3) is 0 Å². The summed E-state index contributed by atoms with van der Waals surface area (Å²) in [4.78, 5) is 0. The maximum atomic E-state index is 6.34. The summed E-state index contributed by atoms with van der Waals surface area (Å²) in [6.45, 7) is 29.0. The van der Waals surface area contributed by atoms with Crippen LogP contribution in [-0.2, 0) is 49.3 Å². The molecule has 0 saturated heterocycles. The van der Waals surface area contributed by atoms with Gasteiger partial charge >= 0.3 is 393 Å². The van der Waals surface area contributed by atoms with Gasteiger partial charge in [0.1, 0.15) is 0 Å². The Morgan fingerprint density at radius 1 is 0.484 bits per heavy atom. The zero-order chi connectivity index (χ0) is 44.5. The standard InChI is InChI=1S/C29H41.C25H16Cl2.C5H5.Zr/c1-26(2,3)22-14-18-13-19-15-23(27(4,5)6)25(29(10,11)12)17-21(19)20(18)16-24(22)28(7,8)9;26-24-13-9-22(10-14-24)20-5-1-18(2-6-20)17-19-3-7-21(8-4-19)23-11-15-25(27)16-12-23;1-2-4-5-3-1;/h14,16-17H,13H2,1-12H3;1-16H;1-3H,4H2;. The Kier molecular flexibility index (Phi) is 12.0. The van der Waals surface area contributed by atoms with Crippen LogP contribution in [0.3, 0.4) is 0 Å². The van der Waals surface area contributed by atoms with E-state index < -0.39 is 21.3 Å². The summed E-state index contributed by atoms with van der Waals surface area (Å²) in [5, 5.41) is 1.51. The second-order valence-corrected chi connectivity index (χ2v) is 28.4. The third kappa shape index (κ3) is 8.81. The molecule has 0 amide bonds. The van der Waals surface area contributed by atoms with E-state index in [1.165, 1.54) is 70.0 Å². The second kappa shape index (κ2) is 16.6. The van der Waals surface area contributed by atoms with E-state index in [2.05, 4.69) is 192 Å². The first-order valence-corrected chi connectivity index (χ1v) is 26.8. The van der Waals surface area contributed by atoms with Crippen molar-refractivity contribution >= 4 is 29.7 Å². The predicted octanol–water partition coefficient (Wildman–Crippen LogP) is 16.4. The van der Waals surface area contributed by atoms with Crippen LogP contribution in [0, 0.1) is 0 Å². The van der Waals surface area contributed by atoms with Gasteiger partial charge in [-0.2, -0.15) is 0 Å². The molecule has 0 fully saturated rings. The zero-order valence-corrected chi connectivity index (χ0v) is 42.8. The van der Waals surface area contributed by atoms with E-state index in [0.717, 1.165) is 22.9 Å². The molecule has 3 heteroatoms. The Labute approximate surface area is 390 Å². The van der Waals surface area contributed by atoms with Crippen molar-refractivity contribution in [3.8, 4) is 33.4 Å². The monoisotopic (exact) mass is 930 g/mol. The van der Waals surface area contributed by atoms with Crippen LogP contribution in [0.1, 0.15) is 134 Å². The summed E-state index contributed by atoms with van der Waals surface area (Å²) in [5.74, 6) is 0. The Morgan fingerprint density at radius 3 is 1.31 bits per heavy atom. The average molecular weight is 933 g/mol.